The molecule has 5 unspecified atom stereocenters. The van der Waals surface area contributed by atoms with Gasteiger partial charge in [0.05, 0.1) is 0 Å². The zero-order valence-corrected chi connectivity index (χ0v) is 8.09. The Labute approximate surface area is 78.7 Å². The van der Waals surface area contributed by atoms with E-state index in [1.807, 2.05) is 0 Å². The van der Waals surface area contributed by atoms with E-state index in [1.165, 1.54) is 19.3 Å². The van der Waals surface area contributed by atoms with Gasteiger partial charge in [-0.25, -0.2) is 0 Å². The third kappa shape index (κ3) is 0.581. The number of fused-ring (bicyclic) bond motifs is 6. The lowest BCUT2D eigenvalue weighted by molar-refractivity contribution is 0.0273. The Hall–Kier alpha value is -0.0800. The van der Waals surface area contributed by atoms with Crippen LogP contribution < -0.4 is 5.32 Å². The quantitative estimate of drug-likeness (QED) is 0.583. The van der Waals surface area contributed by atoms with Gasteiger partial charge in [-0.05, 0) is 36.5 Å². The summed E-state index contributed by atoms with van der Waals surface area (Å²) < 4.78 is 0. The first kappa shape index (κ1) is 7.24. The molecule has 2 heteroatoms. The average molecular weight is 179 g/mol. The second-order valence-electron chi connectivity index (χ2n) is 6.11. The summed E-state index contributed by atoms with van der Waals surface area (Å²) in [4.78, 5) is 0. The molecule has 0 radical (unpaired) electrons. The molecule has 0 amide bonds. The second-order valence-corrected chi connectivity index (χ2v) is 6.11. The van der Waals surface area contributed by atoms with Gasteiger partial charge < -0.3 is 10.4 Å². The molecule has 1 saturated heterocycles. The van der Waals surface area contributed by atoms with Crippen LogP contribution in [0.3, 0.4) is 0 Å². The second kappa shape index (κ2) is 1.70. The highest BCUT2D eigenvalue weighted by atomic mass is 16.3. The van der Waals surface area contributed by atoms with Gasteiger partial charge in [0.2, 0.25) is 0 Å². The Morgan fingerprint density at radius 1 is 1.38 bits per heavy atom. The van der Waals surface area contributed by atoms with Gasteiger partial charge in [-0.15, -0.1) is 0 Å². The lowest BCUT2D eigenvalue weighted by Crippen LogP contribution is -2.42. The average Bonchev–Trinajstić information content (AvgIpc) is 2.95. The van der Waals surface area contributed by atoms with Gasteiger partial charge >= 0.3 is 0 Å². The molecule has 1 heterocycles. The van der Waals surface area contributed by atoms with Crippen LogP contribution in [0.15, 0.2) is 0 Å². The molecule has 72 valence electrons. The normalized spacial score (nSPS) is 71.5. The van der Waals surface area contributed by atoms with Crippen LogP contribution in [0, 0.1) is 22.7 Å². The van der Waals surface area contributed by atoms with Crippen LogP contribution in [-0.2, 0) is 0 Å². The first-order valence-electron chi connectivity index (χ1n) is 5.58. The highest BCUT2D eigenvalue weighted by Crippen LogP contribution is 2.78. The number of nitrogens with one attached hydrogen (secondary N) is 1. The summed E-state index contributed by atoms with van der Waals surface area (Å²) in [7, 11) is 0. The van der Waals surface area contributed by atoms with Crippen LogP contribution in [0.5, 0.6) is 0 Å². The molecule has 4 rings (SSSR count). The third-order valence-corrected chi connectivity index (χ3v) is 5.45. The van der Waals surface area contributed by atoms with Crippen molar-refractivity contribution in [2.45, 2.75) is 38.3 Å². The Kier molecular flexibility index (Phi) is 0.947. The van der Waals surface area contributed by atoms with Crippen molar-refractivity contribution in [3.05, 3.63) is 0 Å². The molecule has 13 heavy (non-hydrogen) atoms. The molecule has 4 fully saturated rings. The van der Waals surface area contributed by atoms with E-state index in [9.17, 15) is 5.11 Å². The molecule has 2 bridgehead atoms. The number of hydrogen-bond acceptors (Lipinski definition) is 2. The van der Waals surface area contributed by atoms with Crippen molar-refractivity contribution in [1.82, 2.24) is 5.32 Å². The summed E-state index contributed by atoms with van der Waals surface area (Å²) in [6.45, 7) is 2.71. The summed E-state index contributed by atoms with van der Waals surface area (Å²) in [5, 5.41) is 13.0. The summed E-state index contributed by atoms with van der Waals surface area (Å²) in [5.41, 5.74) is 0.957. The van der Waals surface area contributed by atoms with E-state index in [1.54, 1.807) is 0 Å². The first-order chi connectivity index (χ1) is 6.21. The van der Waals surface area contributed by atoms with Crippen molar-refractivity contribution in [2.24, 2.45) is 22.7 Å². The molecule has 3 saturated carbocycles. The van der Waals surface area contributed by atoms with E-state index in [-0.39, 0.29) is 5.41 Å². The topological polar surface area (TPSA) is 42.2 Å². The molecule has 0 aromatic carbocycles. The minimum absolute atomic E-state index is 0.276. The standard InChI is InChI=1S/C11H17NO/c1-10(5-13)3-6-2-7(10)11(4-6)8-9(11)12-8/h6-9,12-13H,2-5H2,1H3. The number of aliphatic hydroxyl groups excluding tert-OH is 1. The van der Waals surface area contributed by atoms with Crippen molar-refractivity contribution in [2.75, 3.05) is 6.61 Å². The van der Waals surface area contributed by atoms with Crippen molar-refractivity contribution in [3.8, 4) is 0 Å². The maximum absolute atomic E-state index is 9.49. The Morgan fingerprint density at radius 2 is 2.15 bits per heavy atom. The largest absolute Gasteiger partial charge is 0.396 e. The van der Waals surface area contributed by atoms with E-state index < -0.39 is 0 Å². The fraction of sp³-hybridized carbons (Fsp3) is 1.00. The van der Waals surface area contributed by atoms with Crippen molar-refractivity contribution in [3.63, 3.8) is 0 Å². The fourth-order valence-corrected chi connectivity index (χ4v) is 4.84. The zero-order chi connectivity index (χ0) is 8.84. The Morgan fingerprint density at radius 3 is 2.62 bits per heavy atom. The summed E-state index contributed by atoms with van der Waals surface area (Å²) in [6, 6.07) is 1.74. The predicted molar refractivity (Wildman–Crippen MR) is 49.2 cm³/mol. The van der Waals surface area contributed by atoms with Crippen molar-refractivity contribution >= 4 is 0 Å². The van der Waals surface area contributed by atoms with E-state index in [2.05, 4.69) is 12.2 Å². The van der Waals surface area contributed by atoms with Crippen LogP contribution in [0.2, 0.25) is 0 Å². The van der Waals surface area contributed by atoms with Crippen LogP contribution in [-0.4, -0.2) is 23.8 Å². The molecule has 0 aromatic heterocycles. The molecule has 1 aliphatic heterocycles. The first-order valence-corrected chi connectivity index (χ1v) is 5.58. The van der Waals surface area contributed by atoms with Gasteiger partial charge in [0.15, 0.2) is 0 Å². The molecule has 4 aliphatic rings. The lowest BCUT2D eigenvalue weighted by Gasteiger charge is -2.40. The summed E-state index contributed by atoms with van der Waals surface area (Å²) in [5.74, 6) is 1.78. The van der Waals surface area contributed by atoms with Crippen LogP contribution in [0.25, 0.3) is 0 Å². The zero-order valence-electron chi connectivity index (χ0n) is 8.09. The molecule has 2 N–H and O–H groups in total. The number of hydrogen-bond donors (Lipinski definition) is 2. The minimum atomic E-state index is 0.276. The van der Waals surface area contributed by atoms with E-state index in [0.29, 0.717) is 12.0 Å². The summed E-state index contributed by atoms with van der Waals surface area (Å²) >= 11 is 0. The summed E-state index contributed by atoms with van der Waals surface area (Å²) in [6.07, 6.45) is 4.16. The van der Waals surface area contributed by atoms with Crippen LogP contribution >= 0.6 is 0 Å². The van der Waals surface area contributed by atoms with E-state index in [0.717, 1.165) is 23.9 Å². The monoisotopic (exact) mass is 179 g/mol. The maximum atomic E-state index is 9.49. The van der Waals surface area contributed by atoms with Crippen molar-refractivity contribution < 1.29 is 5.11 Å². The van der Waals surface area contributed by atoms with Crippen LogP contribution in [0.1, 0.15) is 26.2 Å². The van der Waals surface area contributed by atoms with Gasteiger partial charge in [0.25, 0.3) is 0 Å². The lowest BCUT2D eigenvalue weighted by atomic mass is 9.66. The SMILES string of the molecule is CC1(CO)CC2CC1C1(C2)C2NC21. The molecule has 5 atom stereocenters. The van der Waals surface area contributed by atoms with E-state index >= 15 is 0 Å². The van der Waals surface area contributed by atoms with Gasteiger partial charge in [0.1, 0.15) is 0 Å². The number of aliphatic hydroxyl groups is 1. The van der Waals surface area contributed by atoms with E-state index in [4.69, 9.17) is 0 Å². The minimum Gasteiger partial charge on any atom is -0.396 e. The highest BCUT2D eigenvalue weighted by Gasteiger charge is 2.84. The molecule has 0 aromatic rings. The number of rotatable bonds is 1. The van der Waals surface area contributed by atoms with Crippen molar-refractivity contribution in [1.29, 1.82) is 0 Å². The molecule has 1 spiro atoms. The fourth-order valence-electron chi connectivity index (χ4n) is 4.84. The molecular weight excluding hydrogens is 162 g/mol. The van der Waals surface area contributed by atoms with Gasteiger partial charge in [0, 0.05) is 24.1 Å². The third-order valence-electron chi connectivity index (χ3n) is 5.45. The molecule has 2 nitrogen and oxygen atoms in total. The molecular formula is C11H17NO. The molecule has 3 aliphatic carbocycles. The van der Waals surface area contributed by atoms with Gasteiger partial charge in [-0.1, -0.05) is 6.92 Å². The Balaban J connectivity index is 1.73. The van der Waals surface area contributed by atoms with Gasteiger partial charge in [-0.3, -0.25) is 0 Å². The highest BCUT2D eigenvalue weighted by molar-refractivity contribution is 5.40. The Bertz CT molecular complexity index is 274. The van der Waals surface area contributed by atoms with Gasteiger partial charge in [-0.2, -0.15) is 0 Å². The smallest absolute Gasteiger partial charge is 0.0487 e. The predicted octanol–water partition coefficient (Wildman–Crippen LogP) is 0.755. The van der Waals surface area contributed by atoms with Crippen LogP contribution in [0.4, 0.5) is 0 Å². The maximum Gasteiger partial charge on any atom is 0.0487 e.